The summed E-state index contributed by atoms with van der Waals surface area (Å²) in [6.45, 7) is 3.70. The molecule has 18 heavy (non-hydrogen) atoms. The van der Waals surface area contributed by atoms with Crippen LogP contribution in [-0.2, 0) is 10.0 Å². The van der Waals surface area contributed by atoms with Crippen LogP contribution in [0.2, 0.25) is 0 Å². The van der Waals surface area contributed by atoms with Crippen molar-refractivity contribution in [2.45, 2.75) is 57.5 Å². The molecule has 2 fully saturated rings. The van der Waals surface area contributed by atoms with Gasteiger partial charge < -0.3 is 5.32 Å². The van der Waals surface area contributed by atoms with E-state index in [0.29, 0.717) is 12.2 Å². The Bertz CT molecular complexity index is 344. The molecule has 1 radical (unpaired) electrons. The lowest BCUT2D eigenvalue weighted by Crippen LogP contribution is -2.49. The van der Waals surface area contributed by atoms with Gasteiger partial charge in [0, 0.05) is 18.6 Å². The molecule has 1 heterocycles. The number of sulfonamides is 1. The molecule has 1 aliphatic heterocycles. The lowest BCUT2D eigenvalue weighted by molar-refractivity contribution is 0.228. The van der Waals surface area contributed by atoms with Crippen LogP contribution in [0.25, 0.3) is 0 Å². The standard InChI is InChI=1S/C13H25N2O2S/c1-2-10-18(16,17)15(13-8-9-14-11-13)12-6-4-3-5-7-12/h4,12-14H,2-3,5-11H2,1H3. The molecule has 1 saturated carbocycles. The maximum atomic E-state index is 12.5. The van der Waals surface area contributed by atoms with Gasteiger partial charge in [0.05, 0.1) is 5.75 Å². The van der Waals surface area contributed by atoms with E-state index >= 15 is 0 Å². The summed E-state index contributed by atoms with van der Waals surface area (Å²) >= 11 is 0. The van der Waals surface area contributed by atoms with E-state index in [-0.39, 0.29) is 12.1 Å². The molecule has 0 aromatic rings. The van der Waals surface area contributed by atoms with Gasteiger partial charge in [-0.3, -0.25) is 0 Å². The third-order valence-electron chi connectivity index (χ3n) is 3.92. The van der Waals surface area contributed by atoms with Crippen molar-refractivity contribution in [2.24, 2.45) is 0 Å². The first-order valence-corrected chi connectivity index (χ1v) is 8.79. The van der Waals surface area contributed by atoms with Crippen molar-refractivity contribution in [3.8, 4) is 0 Å². The second-order valence-electron chi connectivity index (χ2n) is 5.40. The van der Waals surface area contributed by atoms with Crippen molar-refractivity contribution in [3.63, 3.8) is 0 Å². The number of nitrogens with zero attached hydrogens (tertiary/aromatic N) is 1. The number of nitrogens with one attached hydrogen (secondary N) is 1. The molecule has 1 aliphatic carbocycles. The molecule has 2 atom stereocenters. The third-order valence-corrected chi connectivity index (χ3v) is 6.08. The van der Waals surface area contributed by atoms with Crippen molar-refractivity contribution in [3.05, 3.63) is 6.42 Å². The monoisotopic (exact) mass is 273 g/mol. The van der Waals surface area contributed by atoms with E-state index in [2.05, 4.69) is 11.7 Å². The van der Waals surface area contributed by atoms with Gasteiger partial charge in [-0.15, -0.1) is 0 Å². The minimum atomic E-state index is -3.08. The molecule has 0 aromatic carbocycles. The molecule has 5 heteroatoms. The van der Waals surface area contributed by atoms with Crippen LogP contribution in [0.1, 0.15) is 45.4 Å². The lowest BCUT2D eigenvalue weighted by atomic mass is 9.95. The topological polar surface area (TPSA) is 49.4 Å². The number of rotatable bonds is 5. The van der Waals surface area contributed by atoms with Crippen LogP contribution >= 0.6 is 0 Å². The van der Waals surface area contributed by atoms with Crippen LogP contribution in [0.4, 0.5) is 0 Å². The highest BCUT2D eigenvalue weighted by Gasteiger charge is 2.37. The molecule has 2 aliphatic rings. The van der Waals surface area contributed by atoms with Crippen LogP contribution < -0.4 is 5.32 Å². The quantitative estimate of drug-likeness (QED) is 0.826. The van der Waals surface area contributed by atoms with Gasteiger partial charge in [0.25, 0.3) is 0 Å². The lowest BCUT2D eigenvalue weighted by Gasteiger charge is -2.37. The summed E-state index contributed by atoms with van der Waals surface area (Å²) in [6, 6.07) is 0.387. The third kappa shape index (κ3) is 3.25. The fourth-order valence-electron chi connectivity index (χ4n) is 3.13. The normalized spacial score (nSPS) is 26.9. The summed E-state index contributed by atoms with van der Waals surface area (Å²) in [5.74, 6) is 0.292. The Morgan fingerprint density at radius 3 is 2.72 bits per heavy atom. The molecular formula is C13H25N2O2S. The number of hydrogen-bond donors (Lipinski definition) is 1. The zero-order chi connectivity index (χ0) is 13.0. The molecule has 0 amide bonds. The van der Waals surface area contributed by atoms with Gasteiger partial charge in [-0.1, -0.05) is 19.8 Å². The van der Waals surface area contributed by atoms with E-state index < -0.39 is 10.0 Å². The van der Waals surface area contributed by atoms with Crippen molar-refractivity contribution >= 4 is 10.0 Å². The first-order valence-electron chi connectivity index (χ1n) is 7.18. The van der Waals surface area contributed by atoms with Crippen LogP contribution in [0.3, 0.4) is 0 Å². The van der Waals surface area contributed by atoms with Crippen molar-refractivity contribution in [1.29, 1.82) is 0 Å². The average Bonchev–Trinajstić information content (AvgIpc) is 2.83. The van der Waals surface area contributed by atoms with Gasteiger partial charge in [0.2, 0.25) is 10.0 Å². The van der Waals surface area contributed by atoms with E-state index in [9.17, 15) is 8.42 Å². The SMILES string of the molecule is CCCS(=O)(=O)N(C1C[CH]CCC1)C1CCNC1. The predicted molar refractivity (Wildman–Crippen MR) is 73.7 cm³/mol. The van der Waals surface area contributed by atoms with Crippen molar-refractivity contribution in [2.75, 3.05) is 18.8 Å². The van der Waals surface area contributed by atoms with E-state index in [1.165, 1.54) is 0 Å². The van der Waals surface area contributed by atoms with E-state index in [1.807, 2.05) is 11.2 Å². The molecule has 1 saturated heterocycles. The van der Waals surface area contributed by atoms with Crippen LogP contribution in [0.15, 0.2) is 0 Å². The molecule has 2 rings (SSSR count). The molecule has 0 spiro atoms. The van der Waals surface area contributed by atoms with Gasteiger partial charge >= 0.3 is 0 Å². The Hall–Kier alpha value is -0.130. The molecule has 0 bridgehead atoms. The van der Waals surface area contributed by atoms with Crippen LogP contribution in [0, 0.1) is 6.42 Å². The fraction of sp³-hybridized carbons (Fsp3) is 0.923. The second kappa shape index (κ2) is 6.35. The maximum absolute atomic E-state index is 12.5. The van der Waals surface area contributed by atoms with Crippen molar-refractivity contribution < 1.29 is 8.42 Å². The summed E-state index contributed by atoms with van der Waals surface area (Å²) in [5.41, 5.74) is 0. The fourth-order valence-corrected chi connectivity index (χ4v) is 5.14. The highest BCUT2D eigenvalue weighted by Crippen LogP contribution is 2.28. The smallest absolute Gasteiger partial charge is 0.214 e. The Labute approximate surface area is 111 Å². The summed E-state index contributed by atoms with van der Waals surface area (Å²) in [7, 11) is -3.08. The summed E-state index contributed by atoms with van der Waals surface area (Å²) < 4.78 is 26.9. The van der Waals surface area contributed by atoms with Crippen LogP contribution in [0.5, 0.6) is 0 Å². The van der Waals surface area contributed by atoms with Gasteiger partial charge in [-0.05, 0) is 38.6 Å². The first-order chi connectivity index (χ1) is 8.65. The molecule has 1 N–H and O–H groups in total. The maximum Gasteiger partial charge on any atom is 0.214 e. The van der Waals surface area contributed by atoms with Gasteiger partial charge in [-0.25, -0.2) is 8.42 Å². The van der Waals surface area contributed by atoms with Gasteiger partial charge in [0.15, 0.2) is 0 Å². The van der Waals surface area contributed by atoms with E-state index in [0.717, 1.165) is 45.2 Å². The zero-order valence-corrected chi connectivity index (χ0v) is 12.1. The summed E-state index contributed by atoms with van der Waals surface area (Å²) in [5, 5.41) is 3.29. The Kier molecular flexibility index (Phi) is 5.04. The van der Waals surface area contributed by atoms with Gasteiger partial charge in [0.1, 0.15) is 0 Å². The second-order valence-corrected chi connectivity index (χ2v) is 7.40. The number of hydrogen-bond acceptors (Lipinski definition) is 3. The van der Waals surface area contributed by atoms with Crippen LogP contribution in [-0.4, -0.2) is 43.6 Å². The summed E-state index contributed by atoms with van der Waals surface area (Å²) in [4.78, 5) is 0. The average molecular weight is 273 g/mol. The zero-order valence-electron chi connectivity index (χ0n) is 11.3. The Balaban J connectivity index is 2.15. The molecule has 2 unspecified atom stereocenters. The van der Waals surface area contributed by atoms with E-state index in [1.54, 1.807) is 0 Å². The van der Waals surface area contributed by atoms with Crippen molar-refractivity contribution in [1.82, 2.24) is 9.62 Å². The Morgan fingerprint density at radius 2 is 2.17 bits per heavy atom. The molecule has 4 nitrogen and oxygen atoms in total. The minimum Gasteiger partial charge on any atom is -0.315 e. The van der Waals surface area contributed by atoms with Gasteiger partial charge in [-0.2, -0.15) is 4.31 Å². The highest BCUT2D eigenvalue weighted by molar-refractivity contribution is 7.89. The predicted octanol–water partition coefficient (Wildman–Crippen LogP) is 1.54. The molecular weight excluding hydrogens is 248 g/mol. The largest absolute Gasteiger partial charge is 0.315 e. The first kappa shape index (κ1) is 14.3. The minimum absolute atomic E-state index is 0.179. The molecule has 105 valence electrons. The summed E-state index contributed by atoms with van der Waals surface area (Å²) in [6.07, 6.45) is 8.14. The molecule has 0 aromatic heterocycles. The Morgan fingerprint density at radius 1 is 1.33 bits per heavy atom. The van der Waals surface area contributed by atoms with E-state index in [4.69, 9.17) is 0 Å². The highest BCUT2D eigenvalue weighted by atomic mass is 32.2.